The van der Waals surface area contributed by atoms with E-state index in [0.29, 0.717) is 0 Å². The van der Waals surface area contributed by atoms with Gasteiger partial charge in [-0.25, -0.2) is 0 Å². The van der Waals surface area contributed by atoms with Crippen molar-refractivity contribution in [1.29, 1.82) is 0 Å². The Morgan fingerprint density at radius 2 is 1.12 bits per heavy atom. The van der Waals surface area contributed by atoms with E-state index in [1.165, 1.54) is 58.3 Å². The lowest BCUT2D eigenvalue weighted by molar-refractivity contribution is 0.276. The van der Waals surface area contributed by atoms with Crippen molar-refractivity contribution in [2.24, 2.45) is 0 Å². The fourth-order valence-corrected chi connectivity index (χ4v) is 2.31. The predicted octanol–water partition coefficient (Wildman–Crippen LogP) is 3.62. The van der Waals surface area contributed by atoms with Crippen molar-refractivity contribution in [3.63, 3.8) is 0 Å². The van der Waals surface area contributed by atoms with Gasteiger partial charge in [-0.05, 0) is 72.8 Å². The summed E-state index contributed by atoms with van der Waals surface area (Å²) in [5, 5.41) is 0. The second-order valence-electron chi connectivity index (χ2n) is 5.20. The van der Waals surface area contributed by atoms with Gasteiger partial charge >= 0.3 is 0 Å². The molecule has 0 aromatic heterocycles. The van der Waals surface area contributed by atoms with Crippen LogP contribution in [0.5, 0.6) is 0 Å². The fraction of sp³-hybridized carbons (Fsp3) is 1.00. The molecule has 104 valence electrons. The van der Waals surface area contributed by atoms with Crippen LogP contribution in [-0.4, -0.2) is 49.1 Å². The summed E-state index contributed by atoms with van der Waals surface area (Å²) < 4.78 is 0. The van der Waals surface area contributed by atoms with E-state index < -0.39 is 0 Å². The SMILES string of the molecule is CC.CC(C)N1CCCC1.CN1CCCCC1. The van der Waals surface area contributed by atoms with Gasteiger partial charge in [0.05, 0.1) is 0 Å². The molecular weight excluding hydrogens is 208 g/mol. The van der Waals surface area contributed by atoms with E-state index in [-0.39, 0.29) is 0 Å². The van der Waals surface area contributed by atoms with Crippen LogP contribution in [0.2, 0.25) is 0 Å². The minimum absolute atomic E-state index is 0.775. The normalized spacial score (nSPS) is 21.5. The predicted molar refractivity (Wildman–Crippen MR) is 78.6 cm³/mol. The Bertz CT molecular complexity index is 145. The van der Waals surface area contributed by atoms with Crippen molar-refractivity contribution in [3.05, 3.63) is 0 Å². The Labute approximate surface area is 109 Å². The van der Waals surface area contributed by atoms with Crippen LogP contribution in [0.25, 0.3) is 0 Å². The Morgan fingerprint density at radius 1 is 0.706 bits per heavy atom. The summed E-state index contributed by atoms with van der Waals surface area (Å²) in [5.74, 6) is 0. The van der Waals surface area contributed by atoms with E-state index in [1.54, 1.807) is 0 Å². The molecule has 0 aliphatic carbocycles. The van der Waals surface area contributed by atoms with Gasteiger partial charge in [0.2, 0.25) is 0 Å². The quantitative estimate of drug-likeness (QED) is 0.693. The molecule has 0 bridgehead atoms. The van der Waals surface area contributed by atoms with E-state index in [0.717, 1.165) is 6.04 Å². The molecular formula is C15H34N2. The summed E-state index contributed by atoms with van der Waals surface area (Å²) in [6.45, 7) is 13.8. The summed E-state index contributed by atoms with van der Waals surface area (Å²) in [7, 11) is 2.19. The highest BCUT2D eigenvalue weighted by Gasteiger charge is 2.13. The van der Waals surface area contributed by atoms with Crippen LogP contribution in [0.3, 0.4) is 0 Å². The number of hydrogen-bond acceptors (Lipinski definition) is 2. The van der Waals surface area contributed by atoms with Crippen LogP contribution in [0.15, 0.2) is 0 Å². The van der Waals surface area contributed by atoms with E-state index in [2.05, 4.69) is 30.7 Å². The van der Waals surface area contributed by atoms with E-state index in [4.69, 9.17) is 0 Å². The Hall–Kier alpha value is -0.0800. The number of nitrogens with zero attached hydrogens (tertiary/aromatic N) is 2. The molecule has 2 fully saturated rings. The summed E-state index contributed by atoms with van der Waals surface area (Å²) >= 11 is 0. The smallest absolute Gasteiger partial charge is 0.00385 e. The van der Waals surface area contributed by atoms with Crippen molar-refractivity contribution >= 4 is 0 Å². The van der Waals surface area contributed by atoms with Crippen LogP contribution >= 0.6 is 0 Å². The van der Waals surface area contributed by atoms with Crippen molar-refractivity contribution in [2.45, 2.75) is 65.8 Å². The molecule has 0 N–H and O–H groups in total. The van der Waals surface area contributed by atoms with Crippen LogP contribution < -0.4 is 0 Å². The largest absolute Gasteiger partial charge is 0.306 e. The molecule has 0 atom stereocenters. The maximum absolute atomic E-state index is 2.53. The minimum atomic E-state index is 0.775. The molecule has 2 saturated heterocycles. The van der Waals surface area contributed by atoms with Gasteiger partial charge in [0.15, 0.2) is 0 Å². The summed E-state index contributed by atoms with van der Waals surface area (Å²) in [6.07, 6.45) is 7.10. The fourth-order valence-electron chi connectivity index (χ4n) is 2.31. The Balaban J connectivity index is 0.000000265. The maximum atomic E-state index is 2.53. The van der Waals surface area contributed by atoms with Gasteiger partial charge in [-0.3, -0.25) is 0 Å². The average Bonchev–Trinajstić information content (AvgIpc) is 2.87. The highest BCUT2D eigenvalue weighted by Crippen LogP contribution is 2.09. The molecule has 0 aromatic carbocycles. The molecule has 0 aromatic rings. The first-order valence-electron chi connectivity index (χ1n) is 7.63. The summed E-state index contributed by atoms with van der Waals surface area (Å²) in [5.41, 5.74) is 0. The zero-order chi connectivity index (χ0) is 13.1. The molecule has 0 saturated carbocycles. The lowest BCUT2D eigenvalue weighted by Gasteiger charge is -2.20. The van der Waals surface area contributed by atoms with Gasteiger partial charge < -0.3 is 9.80 Å². The zero-order valence-electron chi connectivity index (χ0n) is 12.8. The molecule has 2 nitrogen and oxygen atoms in total. The minimum Gasteiger partial charge on any atom is -0.306 e. The van der Waals surface area contributed by atoms with Gasteiger partial charge in [0, 0.05) is 6.04 Å². The number of hydrogen-bond donors (Lipinski definition) is 0. The Morgan fingerprint density at radius 3 is 1.35 bits per heavy atom. The van der Waals surface area contributed by atoms with Crippen LogP contribution in [0.1, 0.15) is 59.8 Å². The standard InChI is InChI=1S/C7H15N.C6H13N.C2H6/c1-7(2)8-5-3-4-6-8;1-7-5-3-2-4-6-7;1-2/h7H,3-6H2,1-2H3;2-6H2,1H3;1-2H3. The Kier molecular flexibility index (Phi) is 11.0. The third-order valence-corrected chi connectivity index (χ3v) is 3.45. The van der Waals surface area contributed by atoms with Crippen molar-refractivity contribution in [2.75, 3.05) is 33.2 Å². The molecule has 0 unspecified atom stereocenters. The van der Waals surface area contributed by atoms with Gasteiger partial charge in [0.1, 0.15) is 0 Å². The lowest BCUT2D eigenvalue weighted by atomic mass is 10.1. The summed E-state index contributed by atoms with van der Waals surface area (Å²) in [4.78, 5) is 4.92. The molecule has 17 heavy (non-hydrogen) atoms. The molecule has 2 heteroatoms. The van der Waals surface area contributed by atoms with Crippen molar-refractivity contribution in [3.8, 4) is 0 Å². The first-order chi connectivity index (χ1) is 8.20. The van der Waals surface area contributed by atoms with E-state index in [1.807, 2.05) is 13.8 Å². The topological polar surface area (TPSA) is 6.48 Å². The maximum Gasteiger partial charge on any atom is 0.00385 e. The first-order valence-corrected chi connectivity index (χ1v) is 7.63. The molecule has 2 rings (SSSR count). The van der Waals surface area contributed by atoms with Crippen molar-refractivity contribution in [1.82, 2.24) is 9.80 Å². The molecule has 0 spiro atoms. The van der Waals surface area contributed by atoms with Gasteiger partial charge in [-0.15, -0.1) is 0 Å². The first kappa shape index (κ1) is 16.9. The molecule has 2 heterocycles. The monoisotopic (exact) mass is 242 g/mol. The van der Waals surface area contributed by atoms with E-state index >= 15 is 0 Å². The number of rotatable bonds is 1. The number of likely N-dealkylation sites (tertiary alicyclic amines) is 2. The van der Waals surface area contributed by atoms with Gasteiger partial charge in [0.25, 0.3) is 0 Å². The summed E-state index contributed by atoms with van der Waals surface area (Å²) in [6, 6.07) is 0.775. The molecule has 0 radical (unpaired) electrons. The number of piperidine rings is 1. The zero-order valence-corrected chi connectivity index (χ0v) is 12.8. The van der Waals surface area contributed by atoms with Crippen LogP contribution in [0.4, 0.5) is 0 Å². The van der Waals surface area contributed by atoms with Crippen LogP contribution in [-0.2, 0) is 0 Å². The third-order valence-electron chi connectivity index (χ3n) is 3.45. The molecule has 2 aliphatic rings. The average molecular weight is 242 g/mol. The lowest BCUT2D eigenvalue weighted by Crippen LogP contribution is -2.26. The van der Waals surface area contributed by atoms with Gasteiger partial charge in [-0.2, -0.15) is 0 Å². The molecule has 0 amide bonds. The third kappa shape index (κ3) is 8.62. The highest BCUT2D eigenvalue weighted by molar-refractivity contribution is 4.68. The second kappa shape index (κ2) is 11.0. The van der Waals surface area contributed by atoms with Crippen molar-refractivity contribution < 1.29 is 0 Å². The highest BCUT2D eigenvalue weighted by atomic mass is 15.2. The second-order valence-corrected chi connectivity index (χ2v) is 5.20. The van der Waals surface area contributed by atoms with E-state index in [9.17, 15) is 0 Å². The van der Waals surface area contributed by atoms with Crippen LogP contribution in [0, 0.1) is 0 Å². The van der Waals surface area contributed by atoms with Gasteiger partial charge in [-0.1, -0.05) is 20.3 Å². The molecule has 2 aliphatic heterocycles.